The average molecular weight is 578 g/mol. The van der Waals surface area contributed by atoms with Crippen LogP contribution < -0.4 is 10.2 Å². The Kier molecular flexibility index (Phi) is 6.18. The molecule has 1 aromatic heterocycles. The first kappa shape index (κ1) is 25.6. The third-order valence-corrected chi connectivity index (χ3v) is 8.12. The second-order valence-electron chi connectivity index (χ2n) is 10.4. The average Bonchev–Trinajstić information content (AvgIpc) is 3.29. The molecule has 0 bridgehead atoms. The number of halogens is 2. The number of amidine groups is 2. The second kappa shape index (κ2) is 9.91. The number of fused-ring (bicyclic) bond motifs is 4. The SMILES string of the molecule is Cc1cc(C)cc(NC2=Nc3ccccc3N3C2=Nc2c(c(C)nn2-c2ccccc2)C3c2ccc(Cl)c(Cl)c2)c1. The number of hydrogen-bond acceptors (Lipinski definition) is 5. The maximum Gasteiger partial charge on any atom is 0.179 e. The van der Waals surface area contributed by atoms with E-state index in [1.165, 1.54) is 11.1 Å². The largest absolute Gasteiger partial charge is 0.337 e. The zero-order valence-electron chi connectivity index (χ0n) is 22.7. The molecule has 0 saturated carbocycles. The molecule has 2 aliphatic rings. The van der Waals surface area contributed by atoms with Crippen molar-refractivity contribution < 1.29 is 0 Å². The van der Waals surface area contributed by atoms with Crippen molar-refractivity contribution in [3.63, 3.8) is 0 Å². The van der Waals surface area contributed by atoms with Crippen LogP contribution in [0.4, 0.5) is 22.9 Å². The number of aryl methyl sites for hydroxylation is 3. The molecule has 3 heterocycles. The van der Waals surface area contributed by atoms with Gasteiger partial charge >= 0.3 is 0 Å². The van der Waals surface area contributed by atoms with Crippen molar-refractivity contribution in [2.75, 3.05) is 10.2 Å². The summed E-state index contributed by atoms with van der Waals surface area (Å²) in [4.78, 5) is 12.6. The summed E-state index contributed by atoms with van der Waals surface area (Å²) in [7, 11) is 0. The Hall–Kier alpha value is -4.39. The topological polar surface area (TPSA) is 57.8 Å². The van der Waals surface area contributed by atoms with Gasteiger partial charge in [0, 0.05) is 11.3 Å². The van der Waals surface area contributed by atoms with Crippen LogP contribution in [0.25, 0.3) is 5.69 Å². The molecule has 1 atom stereocenters. The molecule has 4 aromatic carbocycles. The molecule has 7 rings (SSSR count). The Labute approximate surface area is 248 Å². The van der Waals surface area contributed by atoms with Gasteiger partial charge < -0.3 is 10.2 Å². The number of para-hydroxylation sites is 3. The first-order valence-corrected chi connectivity index (χ1v) is 14.1. The molecule has 41 heavy (non-hydrogen) atoms. The summed E-state index contributed by atoms with van der Waals surface area (Å²) in [5.41, 5.74) is 8.87. The van der Waals surface area contributed by atoms with Crippen LogP contribution in [0.1, 0.15) is 34.0 Å². The predicted molar refractivity (Wildman–Crippen MR) is 169 cm³/mol. The van der Waals surface area contributed by atoms with Crippen molar-refractivity contribution in [2.24, 2.45) is 9.98 Å². The lowest BCUT2D eigenvalue weighted by atomic mass is 9.93. The van der Waals surface area contributed by atoms with E-state index in [0.29, 0.717) is 21.7 Å². The molecule has 0 amide bonds. The van der Waals surface area contributed by atoms with E-state index < -0.39 is 0 Å². The first-order chi connectivity index (χ1) is 19.9. The maximum absolute atomic E-state index is 6.60. The Morgan fingerprint density at radius 1 is 0.756 bits per heavy atom. The van der Waals surface area contributed by atoms with Crippen LogP contribution in [-0.4, -0.2) is 21.5 Å². The molecule has 8 heteroatoms. The molecule has 5 aromatic rings. The molecule has 6 nitrogen and oxygen atoms in total. The highest BCUT2D eigenvalue weighted by atomic mass is 35.5. The number of anilines is 2. The van der Waals surface area contributed by atoms with E-state index in [0.717, 1.165) is 45.4 Å². The summed E-state index contributed by atoms with van der Waals surface area (Å²) in [6.07, 6.45) is 0. The molecule has 1 N–H and O–H groups in total. The van der Waals surface area contributed by atoms with E-state index in [1.54, 1.807) is 0 Å². The smallest absolute Gasteiger partial charge is 0.179 e. The standard InChI is InChI=1S/C33H26Cl2N6/c1-19-15-20(2)17-23(16-19)36-31-33-38-32-29(21(3)39-41(32)24-9-5-4-6-10-24)30(22-13-14-25(34)26(35)18-22)40(33)28-12-8-7-11-27(28)37-31/h4-18,30H,1-3H3,(H,36,37). The zero-order valence-corrected chi connectivity index (χ0v) is 24.2. The fourth-order valence-electron chi connectivity index (χ4n) is 5.73. The maximum atomic E-state index is 6.60. The second-order valence-corrected chi connectivity index (χ2v) is 11.2. The molecule has 202 valence electrons. The number of aliphatic imine (C=N–C) groups is 2. The highest BCUT2D eigenvalue weighted by Crippen LogP contribution is 2.48. The lowest BCUT2D eigenvalue weighted by molar-refractivity contribution is 0.815. The Morgan fingerprint density at radius 3 is 2.24 bits per heavy atom. The summed E-state index contributed by atoms with van der Waals surface area (Å²) in [5, 5.41) is 9.59. The number of hydrogen-bond donors (Lipinski definition) is 1. The van der Waals surface area contributed by atoms with Crippen LogP contribution >= 0.6 is 23.2 Å². The van der Waals surface area contributed by atoms with E-state index in [9.17, 15) is 0 Å². The summed E-state index contributed by atoms with van der Waals surface area (Å²) >= 11 is 13.0. The normalized spacial score (nSPS) is 15.4. The van der Waals surface area contributed by atoms with Gasteiger partial charge in [-0.2, -0.15) is 5.10 Å². The van der Waals surface area contributed by atoms with Crippen molar-refractivity contribution in [3.8, 4) is 5.69 Å². The number of rotatable bonds is 3. The molecule has 1 unspecified atom stereocenters. The minimum absolute atomic E-state index is 0.280. The Morgan fingerprint density at radius 2 is 1.49 bits per heavy atom. The van der Waals surface area contributed by atoms with E-state index >= 15 is 0 Å². The number of aromatic nitrogens is 2. The fourth-order valence-corrected chi connectivity index (χ4v) is 6.03. The lowest BCUT2D eigenvalue weighted by Gasteiger charge is -2.40. The van der Waals surface area contributed by atoms with E-state index in [1.807, 2.05) is 78.3 Å². The van der Waals surface area contributed by atoms with Crippen LogP contribution in [0, 0.1) is 20.8 Å². The van der Waals surface area contributed by atoms with Gasteiger partial charge in [-0.05, 0) is 86.0 Å². The van der Waals surface area contributed by atoms with E-state index in [-0.39, 0.29) is 6.04 Å². The molecule has 0 aliphatic carbocycles. The summed E-state index contributed by atoms with van der Waals surface area (Å²) in [6, 6.07) is 30.1. The van der Waals surface area contributed by atoms with Crippen molar-refractivity contribution in [2.45, 2.75) is 26.8 Å². The van der Waals surface area contributed by atoms with Gasteiger partial charge in [0.25, 0.3) is 0 Å². The molecular formula is C33H26Cl2N6. The van der Waals surface area contributed by atoms with E-state index in [4.69, 9.17) is 38.3 Å². The quantitative estimate of drug-likeness (QED) is 0.233. The molecule has 0 radical (unpaired) electrons. The molecule has 2 aliphatic heterocycles. The third kappa shape index (κ3) is 4.40. The molecule has 0 saturated heterocycles. The van der Waals surface area contributed by atoms with Gasteiger partial charge in [-0.3, -0.25) is 0 Å². The first-order valence-electron chi connectivity index (χ1n) is 13.4. The molecule has 0 fully saturated rings. The third-order valence-electron chi connectivity index (χ3n) is 7.38. The molecular weight excluding hydrogens is 551 g/mol. The van der Waals surface area contributed by atoms with Crippen LogP contribution in [0.3, 0.4) is 0 Å². The minimum Gasteiger partial charge on any atom is -0.337 e. The summed E-state index contributed by atoms with van der Waals surface area (Å²) in [6.45, 7) is 6.21. The number of nitrogens with one attached hydrogen (secondary N) is 1. The van der Waals surface area contributed by atoms with Crippen LogP contribution in [0.15, 0.2) is 101 Å². The van der Waals surface area contributed by atoms with E-state index in [2.05, 4.69) is 48.3 Å². The number of nitrogens with zero attached hydrogens (tertiary/aromatic N) is 5. The van der Waals surface area contributed by atoms with Gasteiger partial charge in [0.2, 0.25) is 0 Å². The number of benzene rings is 4. The fraction of sp³-hybridized carbons (Fsp3) is 0.121. The van der Waals surface area contributed by atoms with Crippen molar-refractivity contribution in [1.82, 2.24) is 9.78 Å². The van der Waals surface area contributed by atoms with Gasteiger partial charge in [0.1, 0.15) is 0 Å². The minimum atomic E-state index is -0.280. The van der Waals surface area contributed by atoms with Gasteiger partial charge in [0.05, 0.1) is 38.8 Å². The zero-order chi connectivity index (χ0) is 28.2. The Bertz CT molecular complexity index is 1870. The van der Waals surface area contributed by atoms with Gasteiger partial charge in [0.15, 0.2) is 17.5 Å². The van der Waals surface area contributed by atoms with Crippen LogP contribution in [0.2, 0.25) is 10.0 Å². The summed E-state index contributed by atoms with van der Waals surface area (Å²) in [5.74, 6) is 2.11. The highest BCUT2D eigenvalue weighted by molar-refractivity contribution is 6.51. The predicted octanol–water partition coefficient (Wildman–Crippen LogP) is 8.90. The van der Waals surface area contributed by atoms with Gasteiger partial charge in [-0.1, -0.05) is 65.7 Å². The van der Waals surface area contributed by atoms with Crippen molar-refractivity contribution in [1.29, 1.82) is 0 Å². The molecule has 0 spiro atoms. The van der Waals surface area contributed by atoms with Crippen molar-refractivity contribution in [3.05, 3.63) is 129 Å². The monoisotopic (exact) mass is 576 g/mol. The lowest BCUT2D eigenvalue weighted by Crippen LogP contribution is -2.46. The highest BCUT2D eigenvalue weighted by Gasteiger charge is 2.41. The summed E-state index contributed by atoms with van der Waals surface area (Å²) < 4.78 is 1.91. The van der Waals surface area contributed by atoms with Gasteiger partial charge in [-0.25, -0.2) is 14.7 Å². The van der Waals surface area contributed by atoms with Crippen LogP contribution in [-0.2, 0) is 0 Å². The van der Waals surface area contributed by atoms with Gasteiger partial charge in [-0.15, -0.1) is 0 Å². The van der Waals surface area contributed by atoms with Crippen LogP contribution in [0.5, 0.6) is 0 Å². The Balaban J connectivity index is 1.50. The van der Waals surface area contributed by atoms with Crippen molar-refractivity contribution >= 4 is 57.8 Å².